The van der Waals surface area contributed by atoms with Crippen LogP contribution in [0.25, 0.3) is 0 Å². The van der Waals surface area contributed by atoms with Crippen LogP contribution in [0, 0.1) is 0 Å². The summed E-state index contributed by atoms with van der Waals surface area (Å²) >= 11 is 0. The second-order valence-electron chi connectivity index (χ2n) is 6.34. The second-order valence-corrected chi connectivity index (χ2v) is 6.34. The molecule has 2 aromatic carbocycles. The molecule has 6 nitrogen and oxygen atoms in total. The van der Waals surface area contributed by atoms with Crippen LogP contribution in [-0.2, 0) is 4.79 Å². The second kappa shape index (κ2) is 7.91. The Morgan fingerprint density at radius 1 is 1.15 bits per heavy atom. The molecule has 136 valence electrons. The van der Waals surface area contributed by atoms with Crippen LogP contribution in [0.3, 0.4) is 0 Å². The van der Waals surface area contributed by atoms with Crippen LogP contribution >= 0.6 is 0 Å². The Kier molecular flexibility index (Phi) is 5.41. The first-order valence-electron chi connectivity index (χ1n) is 8.63. The fourth-order valence-corrected chi connectivity index (χ4v) is 3.16. The van der Waals surface area contributed by atoms with Crippen LogP contribution < -0.4 is 15.4 Å². The number of para-hydroxylation sites is 1. The summed E-state index contributed by atoms with van der Waals surface area (Å²) in [6.07, 6.45) is 0.775. The predicted octanol–water partition coefficient (Wildman–Crippen LogP) is 2.79. The van der Waals surface area contributed by atoms with Crippen molar-refractivity contribution in [2.24, 2.45) is 0 Å². The van der Waals surface area contributed by atoms with Gasteiger partial charge in [0.1, 0.15) is 5.75 Å². The molecule has 0 saturated carbocycles. The highest BCUT2D eigenvalue weighted by Gasteiger charge is 2.28. The molecule has 1 saturated heterocycles. The lowest BCUT2D eigenvalue weighted by Crippen LogP contribution is -2.37. The van der Waals surface area contributed by atoms with Crippen molar-refractivity contribution in [2.45, 2.75) is 19.4 Å². The molecule has 3 rings (SSSR count). The highest BCUT2D eigenvalue weighted by Crippen LogP contribution is 2.25. The number of amides is 2. The summed E-state index contributed by atoms with van der Waals surface area (Å²) in [5.74, 6) is 0.643. The molecule has 1 aliphatic rings. The molecule has 1 unspecified atom stereocenters. The number of carbonyl (C=O) groups is 2. The number of rotatable bonds is 5. The van der Waals surface area contributed by atoms with Crippen molar-refractivity contribution >= 4 is 23.2 Å². The van der Waals surface area contributed by atoms with E-state index in [4.69, 9.17) is 4.74 Å². The van der Waals surface area contributed by atoms with Gasteiger partial charge < -0.3 is 20.3 Å². The summed E-state index contributed by atoms with van der Waals surface area (Å²) in [4.78, 5) is 26.0. The van der Waals surface area contributed by atoms with E-state index in [9.17, 15) is 9.59 Å². The third kappa shape index (κ3) is 4.14. The largest absolute Gasteiger partial charge is 0.497 e. The Balaban J connectivity index is 1.76. The molecule has 1 atom stereocenters. The average molecular weight is 353 g/mol. The first-order valence-corrected chi connectivity index (χ1v) is 8.63. The molecule has 2 aromatic rings. The maximum absolute atomic E-state index is 13.0. The fourth-order valence-electron chi connectivity index (χ4n) is 3.16. The number of hydrogen-bond donors (Lipinski definition) is 2. The molecule has 2 amide bonds. The van der Waals surface area contributed by atoms with Crippen molar-refractivity contribution in [3.63, 3.8) is 0 Å². The summed E-state index contributed by atoms with van der Waals surface area (Å²) in [5, 5.41) is 6.18. The van der Waals surface area contributed by atoms with Crippen molar-refractivity contribution < 1.29 is 14.3 Å². The van der Waals surface area contributed by atoms with E-state index in [1.165, 1.54) is 6.92 Å². The highest BCUT2D eigenvalue weighted by atomic mass is 16.5. The van der Waals surface area contributed by atoms with Crippen LogP contribution in [0.5, 0.6) is 5.75 Å². The van der Waals surface area contributed by atoms with Gasteiger partial charge in [0.05, 0.1) is 18.4 Å². The van der Waals surface area contributed by atoms with E-state index in [2.05, 4.69) is 10.6 Å². The summed E-state index contributed by atoms with van der Waals surface area (Å²) in [6, 6.07) is 15.0. The van der Waals surface area contributed by atoms with Gasteiger partial charge in [0.2, 0.25) is 5.91 Å². The van der Waals surface area contributed by atoms with Gasteiger partial charge in [0.15, 0.2) is 0 Å². The van der Waals surface area contributed by atoms with Crippen LogP contribution in [0.2, 0.25) is 0 Å². The zero-order valence-corrected chi connectivity index (χ0v) is 15.0. The van der Waals surface area contributed by atoms with Gasteiger partial charge in [0.25, 0.3) is 5.91 Å². The van der Waals surface area contributed by atoms with Crippen LogP contribution in [0.4, 0.5) is 11.4 Å². The van der Waals surface area contributed by atoms with Gasteiger partial charge in [-0.25, -0.2) is 0 Å². The van der Waals surface area contributed by atoms with Crippen molar-refractivity contribution in [3.8, 4) is 5.75 Å². The number of nitrogens with zero attached hydrogens (tertiary/aromatic N) is 1. The third-order valence-electron chi connectivity index (χ3n) is 4.39. The lowest BCUT2D eigenvalue weighted by molar-refractivity contribution is -0.119. The molecule has 0 aromatic heterocycles. The first kappa shape index (κ1) is 17.8. The van der Waals surface area contributed by atoms with Gasteiger partial charge in [-0.15, -0.1) is 0 Å². The lowest BCUT2D eigenvalue weighted by atomic mass is 10.1. The normalized spacial score (nSPS) is 16.2. The molecule has 1 aliphatic heterocycles. The zero-order chi connectivity index (χ0) is 18.5. The maximum atomic E-state index is 13.0. The average Bonchev–Trinajstić information content (AvgIpc) is 3.09. The number of nitrogens with one attached hydrogen (secondary N) is 2. The van der Waals surface area contributed by atoms with Crippen molar-refractivity contribution in [1.29, 1.82) is 0 Å². The standard InChI is InChI=1S/C20H23N3O3/c1-14(24)21-16-10-11-23(13-16)20(25)18-8-3-4-9-19(18)22-15-6-5-7-17(12-15)26-2/h3-9,12,16,22H,10-11,13H2,1-2H3,(H,21,24). The zero-order valence-electron chi connectivity index (χ0n) is 15.0. The Morgan fingerprint density at radius 3 is 2.73 bits per heavy atom. The van der Waals surface area contributed by atoms with Crippen LogP contribution in [0.1, 0.15) is 23.7 Å². The number of ether oxygens (including phenoxy) is 1. The number of likely N-dealkylation sites (tertiary alicyclic amines) is 1. The summed E-state index contributed by atoms with van der Waals surface area (Å²) < 4.78 is 5.25. The smallest absolute Gasteiger partial charge is 0.256 e. The van der Waals surface area contributed by atoms with Crippen molar-refractivity contribution in [2.75, 3.05) is 25.5 Å². The van der Waals surface area contributed by atoms with Gasteiger partial charge in [-0.2, -0.15) is 0 Å². The van der Waals surface area contributed by atoms with Crippen molar-refractivity contribution in [1.82, 2.24) is 10.2 Å². The van der Waals surface area contributed by atoms with Crippen molar-refractivity contribution in [3.05, 3.63) is 54.1 Å². The predicted molar refractivity (Wildman–Crippen MR) is 101 cm³/mol. The molecular formula is C20H23N3O3. The maximum Gasteiger partial charge on any atom is 0.256 e. The SMILES string of the molecule is COc1cccc(Nc2ccccc2C(=O)N2CCC(NC(C)=O)C2)c1. The molecule has 1 heterocycles. The number of anilines is 2. The van der Waals surface area contributed by atoms with E-state index < -0.39 is 0 Å². The molecule has 6 heteroatoms. The van der Waals surface area contributed by atoms with E-state index in [0.29, 0.717) is 18.7 Å². The van der Waals surface area contributed by atoms with Gasteiger partial charge in [-0.3, -0.25) is 9.59 Å². The quantitative estimate of drug-likeness (QED) is 0.867. The summed E-state index contributed by atoms with van der Waals surface area (Å²) in [5.41, 5.74) is 2.20. The summed E-state index contributed by atoms with van der Waals surface area (Å²) in [6.45, 7) is 2.67. The Bertz CT molecular complexity index is 806. The van der Waals surface area contributed by atoms with E-state index in [1.807, 2.05) is 48.5 Å². The number of benzene rings is 2. The first-order chi connectivity index (χ1) is 12.6. The molecule has 0 aliphatic carbocycles. The molecule has 26 heavy (non-hydrogen) atoms. The monoisotopic (exact) mass is 353 g/mol. The number of methoxy groups -OCH3 is 1. The van der Waals surface area contributed by atoms with Gasteiger partial charge >= 0.3 is 0 Å². The molecule has 0 spiro atoms. The minimum atomic E-state index is -0.0654. The molecule has 0 radical (unpaired) electrons. The Hall–Kier alpha value is -3.02. The fraction of sp³-hybridized carbons (Fsp3) is 0.300. The van der Waals surface area contributed by atoms with E-state index in [0.717, 1.165) is 23.5 Å². The Morgan fingerprint density at radius 2 is 1.96 bits per heavy atom. The third-order valence-corrected chi connectivity index (χ3v) is 4.39. The van der Waals surface area contributed by atoms with E-state index in [-0.39, 0.29) is 17.9 Å². The number of carbonyl (C=O) groups excluding carboxylic acids is 2. The molecular weight excluding hydrogens is 330 g/mol. The number of hydrogen-bond acceptors (Lipinski definition) is 4. The highest BCUT2D eigenvalue weighted by molar-refractivity contribution is 6.00. The van der Waals surface area contributed by atoms with E-state index in [1.54, 1.807) is 12.0 Å². The van der Waals surface area contributed by atoms with E-state index >= 15 is 0 Å². The molecule has 2 N–H and O–H groups in total. The minimum absolute atomic E-state index is 0.0231. The minimum Gasteiger partial charge on any atom is -0.497 e. The Labute approximate surface area is 153 Å². The lowest BCUT2D eigenvalue weighted by Gasteiger charge is -2.19. The molecule has 1 fully saturated rings. The van der Waals surface area contributed by atoms with Crippen LogP contribution in [-0.4, -0.2) is 43.0 Å². The summed E-state index contributed by atoms with van der Waals surface area (Å²) in [7, 11) is 1.62. The van der Waals surface area contributed by atoms with Gasteiger partial charge in [-0.05, 0) is 30.7 Å². The van der Waals surface area contributed by atoms with Gasteiger partial charge in [-0.1, -0.05) is 18.2 Å². The molecule has 0 bridgehead atoms. The van der Waals surface area contributed by atoms with Crippen LogP contribution in [0.15, 0.2) is 48.5 Å². The van der Waals surface area contributed by atoms with Gasteiger partial charge in [0, 0.05) is 37.8 Å². The topological polar surface area (TPSA) is 70.7 Å².